The molecular formula is C22H25ClN2O3. The maximum atomic E-state index is 12.6. The van der Waals surface area contributed by atoms with E-state index in [1.807, 2.05) is 41.3 Å². The molecule has 5 nitrogen and oxygen atoms in total. The standard InChI is InChI=1S/C22H25ClN2O3/c1-16-7-9-18(23)15-19(16)24-11-13-25(14-12-24)21(26)10-8-17-5-4-6-20(27-2)22(17)28-3/h4-10,15H,11-14H2,1-3H3/b10-8+. The van der Waals surface area contributed by atoms with Crippen molar-refractivity contribution in [3.05, 3.63) is 58.6 Å². The predicted octanol–water partition coefficient (Wildman–Crippen LogP) is 4.03. The van der Waals surface area contributed by atoms with Crippen LogP contribution in [0.3, 0.4) is 0 Å². The van der Waals surface area contributed by atoms with Crippen LogP contribution in [-0.4, -0.2) is 51.2 Å². The minimum atomic E-state index is -0.00709. The van der Waals surface area contributed by atoms with Crippen molar-refractivity contribution in [2.45, 2.75) is 6.92 Å². The van der Waals surface area contributed by atoms with Gasteiger partial charge in [0.05, 0.1) is 14.2 Å². The fraction of sp³-hybridized carbons (Fsp3) is 0.318. The zero-order valence-electron chi connectivity index (χ0n) is 16.4. The highest BCUT2D eigenvalue weighted by atomic mass is 35.5. The number of para-hydroxylation sites is 1. The van der Waals surface area contributed by atoms with E-state index in [9.17, 15) is 4.79 Å². The monoisotopic (exact) mass is 400 g/mol. The summed E-state index contributed by atoms with van der Waals surface area (Å²) in [6, 6.07) is 11.5. The highest BCUT2D eigenvalue weighted by molar-refractivity contribution is 6.30. The van der Waals surface area contributed by atoms with Crippen LogP contribution in [0.15, 0.2) is 42.5 Å². The molecule has 0 atom stereocenters. The number of ether oxygens (including phenoxy) is 2. The number of piperazine rings is 1. The minimum Gasteiger partial charge on any atom is -0.493 e. The second-order valence-corrected chi connectivity index (χ2v) is 7.10. The number of nitrogens with zero attached hydrogens (tertiary/aromatic N) is 2. The molecule has 1 aliphatic rings. The lowest BCUT2D eigenvalue weighted by Crippen LogP contribution is -2.48. The quantitative estimate of drug-likeness (QED) is 0.711. The SMILES string of the molecule is COc1cccc(/C=C/C(=O)N2CCN(c3cc(Cl)ccc3C)CC2)c1OC. The predicted molar refractivity (Wildman–Crippen MR) is 114 cm³/mol. The molecule has 0 N–H and O–H groups in total. The first kappa shape index (κ1) is 20.1. The van der Waals surface area contributed by atoms with E-state index in [0.29, 0.717) is 24.6 Å². The van der Waals surface area contributed by atoms with Gasteiger partial charge in [-0.15, -0.1) is 0 Å². The Morgan fingerprint density at radius 2 is 1.82 bits per heavy atom. The van der Waals surface area contributed by atoms with E-state index in [1.54, 1.807) is 26.4 Å². The molecule has 1 amide bonds. The van der Waals surface area contributed by atoms with Crippen LogP contribution in [-0.2, 0) is 4.79 Å². The Labute approximate surface area is 171 Å². The van der Waals surface area contributed by atoms with Crippen LogP contribution in [0, 0.1) is 6.92 Å². The van der Waals surface area contributed by atoms with Crippen molar-refractivity contribution < 1.29 is 14.3 Å². The van der Waals surface area contributed by atoms with Crippen LogP contribution in [0.5, 0.6) is 11.5 Å². The topological polar surface area (TPSA) is 42.0 Å². The number of anilines is 1. The molecule has 2 aromatic rings. The van der Waals surface area contributed by atoms with E-state index in [0.717, 1.165) is 29.4 Å². The molecule has 0 aromatic heterocycles. The molecule has 6 heteroatoms. The zero-order valence-corrected chi connectivity index (χ0v) is 17.2. The number of aryl methyl sites for hydroxylation is 1. The molecule has 1 aliphatic heterocycles. The lowest BCUT2D eigenvalue weighted by Gasteiger charge is -2.36. The fourth-order valence-corrected chi connectivity index (χ4v) is 3.57. The number of halogens is 1. The third kappa shape index (κ3) is 4.42. The van der Waals surface area contributed by atoms with Crippen LogP contribution >= 0.6 is 11.6 Å². The first-order valence-corrected chi connectivity index (χ1v) is 9.60. The molecule has 1 heterocycles. The van der Waals surface area contributed by atoms with Gasteiger partial charge in [0.25, 0.3) is 0 Å². The second-order valence-electron chi connectivity index (χ2n) is 6.66. The lowest BCUT2D eigenvalue weighted by molar-refractivity contribution is -0.126. The highest BCUT2D eigenvalue weighted by Crippen LogP contribution is 2.31. The molecular weight excluding hydrogens is 376 g/mol. The maximum Gasteiger partial charge on any atom is 0.246 e. The second kappa shape index (κ2) is 9.02. The smallest absolute Gasteiger partial charge is 0.246 e. The van der Waals surface area contributed by atoms with E-state index >= 15 is 0 Å². The normalized spacial score (nSPS) is 14.4. The average molecular weight is 401 g/mol. The molecule has 148 valence electrons. The molecule has 3 rings (SSSR count). The van der Waals surface area contributed by atoms with E-state index in [-0.39, 0.29) is 5.91 Å². The average Bonchev–Trinajstić information content (AvgIpc) is 2.73. The molecule has 1 saturated heterocycles. The Kier molecular flexibility index (Phi) is 6.47. The molecule has 28 heavy (non-hydrogen) atoms. The molecule has 0 saturated carbocycles. The van der Waals surface area contributed by atoms with E-state index < -0.39 is 0 Å². The number of carbonyl (C=O) groups is 1. The number of hydrogen-bond acceptors (Lipinski definition) is 4. The van der Waals surface area contributed by atoms with Crippen LogP contribution in [0.2, 0.25) is 5.02 Å². The van der Waals surface area contributed by atoms with E-state index in [1.165, 1.54) is 5.56 Å². The summed E-state index contributed by atoms with van der Waals surface area (Å²) in [5.74, 6) is 1.25. The van der Waals surface area contributed by atoms with Crippen molar-refractivity contribution in [2.24, 2.45) is 0 Å². The van der Waals surface area contributed by atoms with E-state index in [4.69, 9.17) is 21.1 Å². The number of hydrogen-bond donors (Lipinski definition) is 0. The Hall–Kier alpha value is -2.66. The van der Waals surface area contributed by atoms with Gasteiger partial charge in [-0.05, 0) is 36.8 Å². The summed E-state index contributed by atoms with van der Waals surface area (Å²) in [5.41, 5.74) is 3.13. The zero-order chi connectivity index (χ0) is 20.1. The number of carbonyl (C=O) groups excluding carboxylic acids is 1. The minimum absolute atomic E-state index is 0.00709. The third-order valence-corrected chi connectivity index (χ3v) is 5.18. The Morgan fingerprint density at radius 1 is 1.07 bits per heavy atom. The summed E-state index contributed by atoms with van der Waals surface area (Å²) >= 11 is 6.14. The fourth-order valence-electron chi connectivity index (χ4n) is 3.40. The molecule has 0 unspecified atom stereocenters. The number of benzene rings is 2. The Bertz CT molecular complexity index is 874. The molecule has 0 aliphatic carbocycles. The van der Waals surface area contributed by atoms with Crippen LogP contribution in [0.1, 0.15) is 11.1 Å². The van der Waals surface area contributed by atoms with Gasteiger partial charge in [-0.3, -0.25) is 4.79 Å². The van der Waals surface area contributed by atoms with Gasteiger partial charge in [0.15, 0.2) is 11.5 Å². The lowest BCUT2D eigenvalue weighted by atomic mass is 10.1. The summed E-state index contributed by atoms with van der Waals surface area (Å²) in [5, 5.41) is 0.731. The first-order valence-electron chi connectivity index (χ1n) is 9.22. The van der Waals surface area contributed by atoms with Gasteiger partial charge >= 0.3 is 0 Å². The van der Waals surface area contributed by atoms with Gasteiger partial charge in [0.1, 0.15) is 0 Å². The summed E-state index contributed by atoms with van der Waals surface area (Å²) in [7, 11) is 3.19. The van der Waals surface area contributed by atoms with Crippen molar-refractivity contribution in [2.75, 3.05) is 45.3 Å². The largest absolute Gasteiger partial charge is 0.493 e. The van der Waals surface area contributed by atoms with Crippen LogP contribution in [0.25, 0.3) is 6.08 Å². The summed E-state index contributed by atoms with van der Waals surface area (Å²) < 4.78 is 10.7. The van der Waals surface area contributed by atoms with Crippen molar-refractivity contribution >= 4 is 29.3 Å². The summed E-state index contributed by atoms with van der Waals surface area (Å²) in [6.45, 7) is 4.98. The van der Waals surface area contributed by atoms with E-state index in [2.05, 4.69) is 11.8 Å². The highest BCUT2D eigenvalue weighted by Gasteiger charge is 2.21. The number of amides is 1. The molecule has 1 fully saturated rings. The van der Waals surface area contributed by atoms with Crippen molar-refractivity contribution in [1.29, 1.82) is 0 Å². The summed E-state index contributed by atoms with van der Waals surface area (Å²) in [6.07, 6.45) is 3.37. The van der Waals surface area contributed by atoms with Crippen LogP contribution in [0.4, 0.5) is 5.69 Å². The molecule has 0 radical (unpaired) electrons. The number of methoxy groups -OCH3 is 2. The van der Waals surface area contributed by atoms with Gasteiger partial charge in [-0.25, -0.2) is 0 Å². The van der Waals surface area contributed by atoms with Gasteiger partial charge in [0, 0.05) is 48.5 Å². The van der Waals surface area contributed by atoms with Gasteiger partial charge in [-0.1, -0.05) is 29.8 Å². The maximum absolute atomic E-state index is 12.6. The molecule has 2 aromatic carbocycles. The molecule has 0 spiro atoms. The first-order chi connectivity index (χ1) is 13.5. The Morgan fingerprint density at radius 3 is 2.50 bits per heavy atom. The molecule has 0 bridgehead atoms. The van der Waals surface area contributed by atoms with Gasteiger partial charge < -0.3 is 19.3 Å². The van der Waals surface area contributed by atoms with Crippen molar-refractivity contribution in [1.82, 2.24) is 4.90 Å². The number of rotatable bonds is 5. The van der Waals surface area contributed by atoms with Crippen molar-refractivity contribution in [3.63, 3.8) is 0 Å². The van der Waals surface area contributed by atoms with Gasteiger partial charge in [0.2, 0.25) is 5.91 Å². The van der Waals surface area contributed by atoms with Crippen LogP contribution < -0.4 is 14.4 Å². The van der Waals surface area contributed by atoms with Crippen molar-refractivity contribution in [3.8, 4) is 11.5 Å². The van der Waals surface area contributed by atoms with Gasteiger partial charge in [-0.2, -0.15) is 0 Å². The Balaban J connectivity index is 1.64. The third-order valence-electron chi connectivity index (χ3n) is 4.94. The summed E-state index contributed by atoms with van der Waals surface area (Å²) in [4.78, 5) is 16.8.